The van der Waals surface area contributed by atoms with Gasteiger partial charge >= 0.3 is 11.9 Å². The normalized spacial score (nSPS) is 14.6. The van der Waals surface area contributed by atoms with Crippen molar-refractivity contribution in [3.8, 4) is 11.1 Å². The van der Waals surface area contributed by atoms with Crippen LogP contribution in [-0.2, 0) is 22.7 Å². The minimum absolute atomic E-state index is 0.0951. The maximum atomic E-state index is 13.0. The van der Waals surface area contributed by atoms with Crippen molar-refractivity contribution in [2.24, 2.45) is 5.92 Å². The van der Waals surface area contributed by atoms with Gasteiger partial charge in [0, 0.05) is 24.8 Å². The monoisotopic (exact) mass is 460 g/mol. The van der Waals surface area contributed by atoms with E-state index in [4.69, 9.17) is 9.84 Å². The third-order valence-corrected chi connectivity index (χ3v) is 6.26. The molecule has 0 saturated carbocycles. The number of carbonyl (C=O) groups excluding carboxylic acids is 1. The van der Waals surface area contributed by atoms with Gasteiger partial charge in [-0.3, -0.25) is 9.59 Å². The molecule has 1 aliphatic rings. The lowest BCUT2D eigenvalue weighted by Crippen LogP contribution is -2.39. The third-order valence-electron chi connectivity index (χ3n) is 6.26. The molecule has 0 unspecified atom stereocenters. The summed E-state index contributed by atoms with van der Waals surface area (Å²) in [7, 11) is 0. The number of ether oxygens (including phenoxy) is 1. The zero-order valence-electron chi connectivity index (χ0n) is 18.9. The quantitative estimate of drug-likeness (QED) is 0.516. The molecule has 3 aromatic rings. The van der Waals surface area contributed by atoms with E-state index in [1.165, 1.54) is 0 Å². The zero-order chi connectivity index (χ0) is 23.9. The number of carbonyl (C=O) groups is 2. The van der Waals surface area contributed by atoms with Crippen molar-refractivity contribution >= 4 is 11.9 Å². The van der Waals surface area contributed by atoms with E-state index in [1.54, 1.807) is 41.1 Å². The second kappa shape index (κ2) is 10.9. The van der Waals surface area contributed by atoms with Crippen molar-refractivity contribution in [3.05, 3.63) is 94.4 Å². The number of hydrogen-bond acceptors (Lipinski definition) is 5. The number of aliphatic carboxylic acids is 1. The van der Waals surface area contributed by atoms with Gasteiger partial charge in [0.1, 0.15) is 6.61 Å². The molecule has 2 aromatic carbocycles. The highest BCUT2D eigenvalue weighted by atomic mass is 16.5. The first-order valence-electron chi connectivity index (χ1n) is 11.5. The van der Waals surface area contributed by atoms with Gasteiger partial charge in [0.05, 0.1) is 11.5 Å². The van der Waals surface area contributed by atoms with Crippen molar-refractivity contribution in [2.75, 3.05) is 19.6 Å². The van der Waals surface area contributed by atoms with E-state index in [0.29, 0.717) is 37.1 Å². The topological polar surface area (TPSA) is 88.8 Å². The lowest BCUT2D eigenvalue weighted by Gasteiger charge is -2.30. The van der Waals surface area contributed by atoms with Gasteiger partial charge < -0.3 is 19.3 Å². The van der Waals surface area contributed by atoms with Crippen LogP contribution < -0.4 is 5.56 Å². The predicted octanol–water partition coefficient (Wildman–Crippen LogP) is 3.67. The summed E-state index contributed by atoms with van der Waals surface area (Å²) >= 11 is 0. The molecule has 1 fully saturated rings. The first-order chi connectivity index (χ1) is 16.5. The summed E-state index contributed by atoms with van der Waals surface area (Å²) in [5.41, 5.74) is 2.56. The van der Waals surface area contributed by atoms with E-state index in [0.717, 1.165) is 24.2 Å². The molecule has 0 aliphatic carbocycles. The molecule has 176 valence electrons. The van der Waals surface area contributed by atoms with Crippen molar-refractivity contribution in [1.82, 2.24) is 9.47 Å². The first kappa shape index (κ1) is 23.4. The van der Waals surface area contributed by atoms with Crippen LogP contribution in [0, 0.1) is 5.92 Å². The number of nitrogens with zero attached hydrogens (tertiary/aromatic N) is 2. The van der Waals surface area contributed by atoms with E-state index in [-0.39, 0.29) is 18.1 Å². The number of benzene rings is 2. The number of piperidine rings is 1. The van der Waals surface area contributed by atoms with Gasteiger partial charge in [0.2, 0.25) is 0 Å². The number of aromatic nitrogens is 1. The van der Waals surface area contributed by atoms with Crippen LogP contribution in [-0.4, -0.2) is 46.1 Å². The molecule has 0 spiro atoms. The van der Waals surface area contributed by atoms with E-state index >= 15 is 0 Å². The molecule has 7 heteroatoms. The van der Waals surface area contributed by atoms with E-state index in [2.05, 4.69) is 4.90 Å². The van der Waals surface area contributed by atoms with Crippen molar-refractivity contribution in [1.29, 1.82) is 0 Å². The summed E-state index contributed by atoms with van der Waals surface area (Å²) in [5.74, 6) is -1.40. The summed E-state index contributed by atoms with van der Waals surface area (Å²) in [4.78, 5) is 38.7. The standard InChI is InChI=1S/C27H28N2O5/c30-25-24(7-4-14-29(25)18-17-28-15-12-22(13-16-28)26(31)32)21-8-10-23(11-9-21)27(33)34-19-20-5-2-1-3-6-20/h1-11,14,22H,12-13,15-19H2,(H,31,32). The highest BCUT2D eigenvalue weighted by molar-refractivity contribution is 5.90. The number of likely N-dealkylation sites (tertiary alicyclic amines) is 1. The Kier molecular flexibility index (Phi) is 7.54. The molecule has 1 aromatic heterocycles. The van der Waals surface area contributed by atoms with E-state index in [9.17, 15) is 14.4 Å². The summed E-state index contributed by atoms with van der Waals surface area (Å²) in [6, 6.07) is 20.0. The van der Waals surface area contributed by atoms with Gasteiger partial charge in [0.15, 0.2) is 0 Å². The molecule has 34 heavy (non-hydrogen) atoms. The van der Waals surface area contributed by atoms with Crippen LogP contribution in [0.4, 0.5) is 0 Å². The number of hydrogen-bond donors (Lipinski definition) is 1. The molecule has 4 rings (SSSR count). The van der Waals surface area contributed by atoms with Gasteiger partial charge in [-0.1, -0.05) is 42.5 Å². The Morgan fingerprint density at radius 3 is 2.29 bits per heavy atom. The van der Waals surface area contributed by atoms with Crippen molar-refractivity contribution in [3.63, 3.8) is 0 Å². The average Bonchev–Trinajstić information content (AvgIpc) is 2.87. The van der Waals surface area contributed by atoms with Gasteiger partial charge in [-0.25, -0.2) is 4.79 Å². The molecule has 1 saturated heterocycles. The summed E-state index contributed by atoms with van der Waals surface area (Å²) < 4.78 is 7.05. The Labute approximate surface area is 198 Å². The number of esters is 1. The SMILES string of the molecule is O=C(OCc1ccccc1)c1ccc(-c2cccn(CCN3CCC(C(=O)O)CC3)c2=O)cc1. The van der Waals surface area contributed by atoms with Gasteiger partial charge in [-0.2, -0.15) is 0 Å². The fraction of sp³-hybridized carbons (Fsp3) is 0.296. The molecular weight excluding hydrogens is 432 g/mol. The molecular formula is C27H28N2O5. The smallest absolute Gasteiger partial charge is 0.338 e. The van der Waals surface area contributed by atoms with Crippen LogP contribution in [0.5, 0.6) is 0 Å². The maximum absolute atomic E-state index is 13.0. The molecule has 0 bridgehead atoms. The Balaban J connectivity index is 1.37. The Bertz CT molecular complexity index is 1180. The number of rotatable bonds is 8. The van der Waals surface area contributed by atoms with Gasteiger partial charge in [0.25, 0.3) is 5.56 Å². The minimum Gasteiger partial charge on any atom is -0.481 e. The largest absolute Gasteiger partial charge is 0.481 e. The average molecular weight is 461 g/mol. The maximum Gasteiger partial charge on any atom is 0.338 e. The second-order valence-electron chi connectivity index (χ2n) is 8.51. The zero-order valence-corrected chi connectivity index (χ0v) is 18.9. The lowest BCUT2D eigenvalue weighted by molar-refractivity contribution is -0.143. The van der Waals surface area contributed by atoms with Crippen molar-refractivity contribution < 1.29 is 19.4 Å². The number of pyridine rings is 1. The highest BCUT2D eigenvalue weighted by Crippen LogP contribution is 2.18. The summed E-state index contributed by atoms with van der Waals surface area (Å²) in [6.45, 7) is 2.90. The summed E-state index contributed by atoms with van der Waals surface area (Å²) in [5, 5.41) is 9.14. The fourth-order valence-electron chi connectivity index (χ4n) is 4.18. The molecule has 0 atom stereocenters. The minimum atomic E-state index is -0.723. The molecule has 1 aliphatic heterocycles. The molecule has 7 nitrogen and oxygen atoms in total. The van der Waals surface area contributed by atoms with Crippen LogP contribution >= 0.6 is 0 Å². The molecule has 2 heterocycles. The van der Waals surface area contributed by atoms with Crippen LogP contribution in [0.2, 0.25) is 0 Å². The van der Waals surface area contributed by atoms with Crippen molar-refractivity contribution in [2.45, 2.75) is 26.0 Å². The van der Waals surface area contributed by atoms with Crippen LogP contribution in [0.25, 0.3) is 11.1 Å². The predicted molar refractivity (Wildman–Crippen MR) is 128 cm³/mol. The molecule has 0 amide bonds. The van der Waals surface area contributed by atoms with Crippen LogP contribution in [0.3, 0.4) is 0 Å². The van der Waals surface area contributed by atoms with Crippen LogP contribution in [0.15, 0.2) is 77.7 Å². The first-order valence-corrected chi connectivity index (χ1v) is 11.5. The Morgan fingerprint density at radius 1 is 0.912 bits per heavy atom. The summed E-state index contributed by atoms with van der Waals surface area (Å²) in [6.07, 6.45) is 3.06. The lowest BCUT2D eigenvalue weighted by atomic mass is 9.97. The Hall–Kier alpha value is -3.71. The fourth-order valence-corrected chi connectivity index (χ4v) is 4.18. The highest BCUT2D eigenvalue weighted by Gasteiger charge is 2.24. The van der Waals surface area contributed by atoms with E-state index < -0.39 is 11.9 Å². The third kappa shape index (κ3) is 5.80. The molecule has 1 N–H and O–H groups in total. The number of carboxylic acid groups (broad SMARTS) is 1. The Morgan fingerprint density at radius 2 is 1.62 bits per heavy atom. The van der Waals surface area contributed by atoms with Gasteiger partial charge in [-0.05, 0) is 61.3 Å². The second-order valence-corrected chi connectivity index (χ2v) is 8.51. The van der Waals surface area contributed by atoms with E-state index in [1.807, 2.05) is 36.4 Å². The molecule has 0 radical (unpaired) electrons. The number of carboxylic acids is 1. The van der Waals surface area contributed by atoms with Gasteiger partial charge in [-0.15, -0.1) is 0 Å². The van der Waals surface area contributed by atoms with Crippen LogP contribution in [0.1, 0.15) is 28.8 Å².